The third-order valence-corrected chi connectivity index (χ3v) is 4.44. The van der Waals surface area contributed by atoms with Crippen LogP contribution in [-0.2, 0) is 11.3 Å². The zero-order chi connectivity index (χ0) is 16.1. The SMILES string of the molecule is CC(C)CCC(C)NC(=O)CCn1cnc2sccc2c1=O. The maximum absolute atomic E-state index is 12.2. The molecule has 1 N–H and O–H groups in total. The number of aromatic nitrogens is 2. The quantitative estimate of drug-likeness (QED) is 0.853. The fourth-order valence-electron chi connectivity index (χ4n) is 2.28. The van der Waals surface area contributed by atoms with Crippen LogP contribution in [0.15, 0.2) is 22.6 Å². The molecule has 2 aromatic rings. The molecular weight excluding hydrogens is 298 g/mol. The molecular formula is C16H23N3O2S. The van der Waals surface area contributed by atoms with Gasteiger partial charge in [-0.05, 0) is 37.1 Å². The van der Waals surface area contributed by atoms with Crippen LogP contribution in [0.2, 0.25) is 0 Å². The molecule has 22 heavy (non-hydrogen) atoms. The maximum Gasteiger partial charge on any atom is 0.262 e. The Kier molecular flexibility index (Phi) is 5.71. The van der Waals surface area contributed by atoms with Gasteiger partial charge >= 0.3 is 0 Å². The van der Waals surface area contributed by atoms with E-state index in [9.17, 15) is 9.59 Å². The summed E-state index contributed by atoms with van der Waals surface area (Å²) < 4.78 is 1.51. The van der Waals surface area contributed by atoms with Gasteiger partial charge in [0.05, 0.1) is 11.7 Å². The third kappa shape index (κ3) is 4.40. The smallest absolute Gasteiger partial charge is 0.262 e. The van der Waals surface area contributed by atoms with E-state index < -0.39 is 0 Å². The lowest BCUT2D eigenvalue weighted by Crippen LogP contribution is -2.34. The lowest BCUT2D eigenvalue weighted by atomic mass is 10.0. The van der Waals surface area contributed by atoms with E-state index in [4.69, 9.17) is 0 Å². The first-order valence-corrected chi connectivity index (χ1v) is 8.57. The minimum Gasteiger partial charge on any atom is -0.354 e. The highest BCUT2D eigenvalue weighted by Gasteiger charge is 2.10. The summed E-state index contributed by atoms with van der Waals surface area (Å²) in [5, 5.41) is 5.46. The van der Waals surface area contributed by atoms with E-state index in [0.717, 1.165) is 17.7 Å². The van der Waals surface area contributed by atoms with E-state index in [0.29, 0.717) is 24.3 Å². The normalized spacial score (nSPS) is 12.7. The molecule has 0 spiro atoms. The van der Waals surface area contributed by atoms with Gasteiger partial charge in [0.25, 0.3) is 5.56 Å². The van der Waals surface area contributed by atoms with Crippen molar-refractivity contribution in [1.82, 2.24) is 14.9 Å². The van der Waals surface area contributed by atoms with Crippen LogP contribution in [0.4, 0.5) is 0 Å². The van der Waals surface area contributed by atoms with E-state index in [1.54, 1.807) is 6.07 Å². The zero-order valence-corrected chi connectivity index (χ0v) is 14.2. The number of carbonyl (C=O) groups excluding carboxylic acids is 1. The number of hydrogen-bond acceptors (Lipinski definition) is 4. The molecule has 0 fully saturated rings. The van der Waals surface area contributed by atoms with Gasteiger partial charge in [0.15, 0.2) is 0 Å². The van der Waals surface area contributed by atoms with E-state index in [-0.39, 0.29) is 17.5 Å². The van der Waals surface area contributed by atoms with Crippen molar-refractivity contribution in [3.05, 3.63) is 28.1 Å². The molecule has 0 saturated carbocycles. The van der Waals surface area contributed by atoms with Crippen molar-refractivity contribution >= 4 is 27.5 Å². The summed E-state index contributed by atoms with van der Waals surface area (Å²) in [6.45, 7) is 6.73. The van der Waals surface area contributed by atoms with Crippen LogP contribution in [0.1, 0.15) is 40.0 Å². The number of thiophene rings is 1. The average molecular weight is 321 g/mol. The van der Waals surface area contributed by atoms with Gasteiger partial charge in [-0.2, -0.15) is 0 Å². The molecule has 6 heteroatoms. The standard InChI is InChI=1S/C16H23N3O2S/c1-11(2)4-5-12(3)18-14(20)6-8-19-10-17-15-13(16(19)21)7-9-22-15/h7,9-12H,4-6,8H2,1-3H3,(H,18,20). The van der Waals surface area contributed by atoms with Crippen molar-refractivity contribution in [2.75, 3.05) is 0 Å². The third-order valence-electron chi connectivity index (χ3n) is 3.61. The molecule has 2 rings (SSSR count). The molecule has 1 unspecified atom stereocenters. The van der Waals surface area contributed by atoms with Crippen molar-refractivity contribution in [1.29, 1.82) is 0 Å². The fraction of sp³-hybridized carbons (Fsp3) is 0.562. The number of hydrogen-bond donors (Lipinski definition) is 1. The summed E-state index contributed by atoms with van der Waals surface area (Å²) in [5.41, 5.74) is -0.0769. The van der Waals surface area contributed by atoms with Crippen molar-refractivity contribution < 1.29 is 4.79 Å². The van der Waals surface area contributed by atoms with Crippen molar-refractivity contribution in [2.45, 2.75) is 52.6 Å². The Hall–Kier alpha value is -1.69. The van der Waals surface area contributed by atoms with Crippen LogP contribution >= 0.6 is 11.3 Å². The van der Waals surface area contributed by atoms with E-state index >= 15 is 0 Å². The van der Waals surface area contributed by atoms with Gasteiger partial charge in [0.2, 0.25) is 5.91 Å². The lowest BCUT2D eigenvalue weighted by molar-refractivity contribution is -0.122. The van der Waals surface area contributed by atoms with Crippen LogP contribution in [0, 0.1) is 5.92 Å². The number of fused-ring (bicyclic) bond motifs is 1. The van der Waals surface area contributed by atoms with Gasteiger partial charge in [-0.15, -0.1) is 11.3 Å². The van der Waals surface area contributed by atoms with Crippen molar-refractivity contribution in [2.24, 2.45) is 5.92 Å². The van der Waals surface area contributed by atoms with Crippen LogP contribution in [0.25, 0.3) is 10.2 Å². The Bertz CT molecular complexity index is 690. The van der Waals surface area contributed by atoms with Gasteiger partial charge in [-0.3, -0.25) is 14.2 Å². The molecule has 1 amide bonds. The average Bonchev–Trinajstić information content (AvgIpc) is 2.94. The van der Waals surface area contributed by atoms with Crippen LogP contribution in [0.3, 0.4) is 0 Å². The number of amides is 1. The van der Waals surface area contributed by atoms with Crippen LogP contribution in [-0.4, -0.2) is 21.5 Å². The first-order chi connectivity index (χ1) is 10.5. The van der Waals surface area contributed by atoms with E-state index in [2.05, 4.69) is 24.1 Å². The molecule has 120 valence electrons. The number of aryl methyl sites for hydroxylation is 1. The highest BCUT2D eigenvalue weighted by Crippen LogP contribution is 2.13. The summed E-state index contributed by atoms with van der Waals surface area (Å²) in [6.07, 6.45) is 3.89. The predicted octanol–water partition coefficient (Wildman–Crippen LogP) is 2.79. The maximum atomic E-state index is 12.2. The molecule has 1 atom stereocenters. The summed E-state index contributed by atoms with van der Waals surface area (Å²) in [7, 11) is 0. The molecule has 0 saturated heterocycles. The molecule has 0 aliphatic carbocycles. The highest BCUT2D eigenvalue weighted by molar-refractivity contribution is 7.16. The monoisotopic (exact) mass is 321 g/mol. The predicted molar refractivity (Wildman–Crippen MR) is 90.2 cm³/mol. The Labute approximate surface area is 134 Å². The summed E-state index contributed by atoms with van der Waals surface area (Å²) in [4.78, 5) is 29.1. The first-order valence-electron chi connectivity index (χ1n) is 7.69. The van der Waals surface area contributed by atoms with Gasteiger partial charge in [-0.25, -0.2) is 4.98 Å². The molecule has 0 bridgehead atoms. The Balaban J connectivity index is 1.87. The fourth-order valence-corrected chi connectivity index (χ4v) is 3.00. The van der Waals surface area contributed by atoms with Crippen molar-refractivity contribution in [3.8, 4) is 0 Å². The molecule has 0 aliphatic heterocycles. The topological polar surface area (TPSA) is 64.0 Å². The molecule has 2 heterocycles. The largest absolute Gasteiger partial charge is 0.354 e. The number of nitrogens with one attached hydrogen (secondary N) is 1. The Morgan fingerprint density at radius 3 is 2.86 bits per heavy atom. The number of rotatable bonds is 7. The molecule has 0 aromatic carbocycles. The zero-order valence-electron chi connectivity index (χ0n) is 13.3. The van der Waals surface area contributed by atoms with E-state index in [1.807, 2.05) is 12.3 Å². The van der Waals surface area contributed by atoms with Crippen LogP contribution in [0.5, 0.6) is 0 Å². The van der Waals surface area contributed by atoms with Crippen molar-refractivity contribution in [3.63, 3.8) is 0 Å². The Morgan fingerprint density at radius 2 is 2.14 bits per heavy atom. The first kappa shape index (κ1) is 16.7. The van der Waals surface area contributed by atoms with Gasteiger partial charge < -0.3 is 5.32 Å². The summed E-state index contributed by atoms with van der Waals surface area (Å²) in [6, 6.07) is 1.95. The second kappa shape index (κ2) is 7.54. The van der Waals surface area contributed by atoms with Gasteiger partial charge in [0.1, 0.15) is 4.83 Å². The van der Waals surface area contributed by atoms with Gasteiger partial charge in [0, 0.05) is 19.0 Å². The second-order valence-corrected chi connectivity index (χ2v) is 6.97. The molecule has 0 aliphatic rings. The van der Waals surface area contributed by atoms with E-state index in [1.165, 1.54) is 22.2 Å². The van der Waals surface area contributed by atoms with Gasteiger partial charge in [-0.1, -0.05) is 13.8 Å². The number of carbonyl (C=O) groups is 1. The Morgan fingerprint density at radius 1 is 1.36 bits per heavy atom. The molecule has 0 radical (unpaired) electrons. The second-order valence-electron chi connectivity index (χ2n) is 6.07. The molecule has 5 nitrogen and oxygen atoms in total. The highest BCUT2D eigenvalue weighted by atomic mass is 32.1. The minimum absolute atomic E-state index is 0.0198. The summed E-state index contributed by atoms with van der Waals surface area (Å²) in [5.74, 6) is 0.620. The molecule has 2 aromatic heterocycles. The minimum atomic E-state index is -0.0769. The lowest BCUT2D eigenvalue weighted by Gasteiger charge is -2.15. The summed E-state index contributed by atoms with van der Waals surface area (Å²) >= 11 is 1.45. The number of nitrogens with zero attached hydrogens (tertiary/aromatic N) is 2. The van der Waals surface area contributed by atoms with Crippen LogP contribution < -0.4 is 10.9 Å².